The zero-order valence-electron chi connectivity index (χ0n) is 10.0. The minimum Gasteiger partial charge on any atom is -0.392 e. The van der Waals surface area contributed by atoms with Crippen molar-refractivity contribution in [3.8, 4) is 0 Å². The fourth-order valence-corrected chi connectivity index (χ4v) is 1.70. The number of hydrogen-bond acceptors (Lipinski definition) is 3. The van der Waals surface area contributed by atoms with Gasteiger partial charge in [0.2, 0.25) is 0 Å². The van der Waals surface area contributed by atoms with Crippen LogP contribution in [-0.4, -0.2) is 36.8 Å². The predicted molar refractivity (Wildman–Crippen MR) is 71.0 cm³/mol. The molecule has 3 N–H and O–H groups in total. The smallest absolute Gasteiger partial charge is 0.254 e. The van der Waals surface area contributed by atoms with Crippen molar-refractivity contribution in [2.75, 3.05) is 19.6 Å². The Balaban J connectivity index is 2.39. The highest BCUT2D eigenvalue weighted by molar-refractivity contribution is 9.10. The van der Waals surface area contributed by atoms with E-state index in [2.05, 4.69) is 26.6 Å². The Hall–Kier alpha value is -0.980. The molecule has 6 heteroatoms. The summed E-state index contributed by atoms with van der Waals surface area (Å²) in [6.45, 7) is 3.02. The fraction of sp³-hybridized carbons (Fsp3) is 0.417. The third-order valence-corrected chi connectivity index (χ3v) is 2.69. The maximum atomic E-state index is 13.4. The Kier molecular flexibility index (Phi) is 6.24. The minimum atomic E-state index is -0.548. The summed E-state index contributed by atoms with van der Waals surface area (Å²) in [6.07, 6.45) is -0.428. The van der Waals surface area contributed by atoms with Crippen LogP contribution in [0.5, 0.6) is 0 Å². The topological polar surface area (TPSA) is 61.4 Å². The molecule has 0 aliphatic rings. The van der Waals surface area contributed by atoms with Gasteiger partial charge in [0, 0.05) is 24.1 Å². The van der Waals surface area contributed by atoms with Gasteiger partial charge in [-0.1, -0.05) is 15.9 Å². The molecule has 0 spiro atoms. The van der Waals surface area contributed by atoms with Crippen molar-refractivity contribution >= 4 is 21.8 Å². The number of hydrogen-bond donors (Lipinski definition) is 3. The Morgan fingerprint density at radius 1 is 1.50 bits per heavy atom. The molecule has 18 heavy (non-hydrogen) atoms. The summed E-state index contributed by atoms with van der Waals surface area (Å²) in [4.78, 5) is 11.7. The second-order valence-electron chi connectivity index (χ2n) is 3.93. The van der Waals surface area contributed by atoms with Crippen LogP contribution in [-0.2, 0) is 0 Å². The first kappa shape index (κ1) is 15.1. The van der Waals surface area contributed by atoms with Gasteiger partial charge in [0.15, 0.2) is 0 Å². The summed E-state index contributed by atoms with van der Waals surface area (Å²) >= 11 is 3.19. The fourth-order valence-electron chi connectivity index (χ4n) is 1.34. The van der Waals surface area contributed by atoms with Crippen LogP contribution in [0, 0.1) is 5.82 Å². The van der Waals surface area contributed by atoms with E-state index < -0.39 is 17.8 Å². The van der Waals surface area contributed by atoms with Crippen molar-refractivity contribution in [3.05, 3.63) is 34.1 Å². The molecule has 100 valence electrons. The summed E-state index contributed by atoms with van der Waals surface area (Å²) in [5.74, 6) is -1.000. The van der Waals surface area contributed by atoms with Gasteiger partial charge in [0.1, 0.15) is 5.82 Å². The van der Waals surface area contributed by atoms with Gasteiger partial charge in [0.05, 0.1) is 11.7 Å². The summed E-state index contributed by atoms with van der Waals surface area (Å²) in [5.41, 5.74) is 0.0138. The van der Waals surface area contributed by atoms with E-state index in [4.69, 9.17) is 5.11 Å². The Morgan fingerprint density at radius 3 is 2.89 bits per heavy atom. The van der Waals surface area contributed by atoms with Crippen LogP contribution in [0.1, 0.15) is 17.3 Å². The van der Waals surface area contributed by atoms with Crippen LogP contribution >= 0.6 is 15.9 Å². The number of halogens is 2. The van der Waals surface area contributed by atoms with Crippen LogP contribution in [0.3, 0.4) is 0 Å². The Labute approximate surface area is 114 Å². The number of amides is 1. The SMILES string of the molecule is CC(O)CNCCNC(=O)c1cc(Br)ccc1F. The molecular weight excluding hydrogens is 303 g/mol. The van der Waals surface area contributed by atoms with Gasteiger partial charge in [-0.25, -0.2) is 4.39 Å². The summed E-state index contributed by atoms with van der Waals surface area (Å²) in [6, 6.07) is 4.22. The second-order valence-corrected chi connectivity index (χ2v) is 4.85. The molecule has 1 aromatic rings. The van der Waals surface area contributed by atoms with Crippen molar-refractivity contribution in [3.63, 3.8) is 0 Å². The van der Waals surface area contributed by atoms with Crippen LogP contribution in [0.25, 0.3) is 0 Å². The minimum absolute atomic E-state index is 0.0138. The molecule has 0 saturated carbocycles. The summed E-state index contributed by atoms with van der Waals surface area (Å²) in [7, 11) is 0. The molecule has 0 bridgehead atoms. The van der Waals surface area contributed by atoms with E-state index >= 15 is 0 Å². The molecule has 0 heterocycles. The van der Waals surface area contributed by atoms with E-state index in [1.54, 1.807) is 6.92 Å². The summed E-state index contributed by atoms with van der Waals surface area (Å²) < 4.78 is 14.0. The number of benzene rings is 1. The molecular formula is C12H16BrFN2O2. The molecule has 1 rings (SSSR count). The number of aliphatic hydroxyl groups is 1. The van der Waals surface area contributed by atoms with E-state index in [1.165, 1.54) is 18.2 Å². The van der Waals surface area contributed by atoms with Gasteiger partial charge in [-0.3, -0.25) is 4.79 Å². The first-order valence-corrected chi connectivity index (χ1v) is 6.42. The van der Waals surface area contributed by atoms with E-state index in [9.17, 15) is 9.18 Å². The first-order valence-electron chi connectivity index (χ1n) is 5.62. The van der Waals surface area contributed by atoms with Gasteiger partial charge in [0.25, 0.3) is 5.91 Å². The average Bonchev–Trinajstić information content (AvgIpc) is 2.31. The number of carbonyl (C=O) groups excluding carboxylic acids is 1. The van der Waals surface area contributed by atoms with E-state index in [-0.39, 0.29) is 5.56 Å². The van der Waals surface area contributed by atoms with Crippen molar-refractivity contribution in [2.24, 2.45) is 0 Å². The lowest BCUT2D eigenvalue weighted by molar-refractivity contribution is 0.0949. The molecule has 1 amide bonds. The molecule has 1 aromatic carbocycles. The van der Waals surface area contributed by atoms with Crippen LogP contribution in [0.4, 0.5) is 4.39 Å². The van der Waals surface area contributed by atoms with Crippen molar-refractivity contribution in [2.45, 2.75) is 13.0 Å². The third kappa shape index (κ3) is 5.12. The normalized spacial score (nSPS) is 12.2. The molecule has 0 saturated heterocycles. The number of nitrogens with one attached hydrogen (secondary N) is 2. The zero-order chi connectivity index (χ0) is 13.5. The highest BCUT2D eigenvalue weighted by atomic mass is 79.9. The summed E-state index contributed by atoms with van der Waals surface area (Å²) in [5, 5.41) is 14.5. The maximum absolute atomic E-state index is 13.4. The molecule has 0 radical (unpaired) electrons. The largest absolute Gasteiger partial charge is 0.392 e. The standard InChI is InChI=1S/C12H16BrFN2O2/c1-8(17)7-15-4-5-16-12(18)10-6-9(13)2-3-11(10)14/h2-3,6,8,15,17H,4-5,7H2,1H3,(H,16,18). The van der Waals surface area contributed by atoms with Crippen molar-refractivity contribution in [1.82, 2.24) is 10.6 Å². The van der Waals surface area contributed by atoms with Crippen molar-refractivity contribution < 1.29 is 14.3 Å². The van der Waals surface area contributed by atoms with Crippen molar-refractivity contribution in [1.29, 1.82) is 0 Å². The van der Waals surface area contributed by atoms with Crippen LogP contribution in [0.2, 0.25) is 0 Å². The van der Waals surface area contributed by atoms with Gasteiger partial charge >= 0.3 is 0 Å². The van der Waals surface area contributed by atoms with Gasteiger partial charge < -0.3 is 15.7 Å². The van der Waals surface area contributed by atoms with Crippen LogP contribution < -0.4 is 10.6 Å². The molecule has 1 atom stereocenters. The quantitative estimate of drug-likeness (QED) is 0.693. The highest BCUT2D eigenvalue weighted by Crippen LogP contribution is 2.15. The Morgan fingerprint density at radius 2 is 2.22 bits per heavy atom. The average molecular weight is 319 g/mol. The second kappa shape index (κ2) is 7.45. The number of aliphatic hydroxyl groups excluding tert-OH is 1. The van der Waals surface area contributed by atoms with Gasteiger partial charge in [-0.05, 0) is 25.1 Å². The highest BCUT2D eigenvalue weighted by Gasteiger charge is 2.11. The number of carbonyl (C=O) groups is 1. The molecule has 0 aliphatic heterocycles. The van der Waals surface area contributed by atoms with E-state index in [0.717, 1.165) is 0 Å². The predicted octanol–water partition coefficient (Wildman–Crippen LogP) is 1.29. The lowest BCUT2D eigenvalue weighted by atomic mass is 10.2. The number of rotatable bonds is 6. The lowest BCUT2D eigenvalue weighted by Crippen LogP contribution is -2.34. The molecule has 0 aromatic heterocycles. The maximum Gasteiger partial charge on any atom is 0.254 e. The van der Waals surface area contributed by atoms with Gasteiger partial charge in [-0.15, -0.1) is 0 Å². The molecule has 4 nitrogen and oxygen atoms in total. The van der Waals surface area contributed by atoms with E-state index in [0.29, 0.717) is 24.1 Å². The van der Waals surface area contributed by atoms with Crippen LogP contribution in [0.15, 0.2) is 22.7 Å². The third-order valence-electron chi connectivity index (χ3n) is 2.20. The molecule has 0 fully saturated rings. The van der Waals surface area contributed by atoms with E-state index in [1.807, 2.05) is 0 Å². The molecule has 0 aliphatic carbocycles. The molecule has 1 unspecified atom stereocenters. The first-order chi connectivity index (χ1) is 8.50. The Bertz CT molecular complexity index is 413. The lowest BCUT2D eigenvalue weighted by Gasteiger charge is -2.08. The zero-order valence-corrected chi connectivity index (χ0v) is 11.6. The monoisotopic (exact) mass is 318 g/mol. The van der Waals surface area contributed by atoms with Gasteiger partial charge in [-0.2, -0.15) is 0 Å².